The van der Waals surface area contributed by atoms with Gasteiger partial charge < -0.3 is 14.9 Å². The van der Waals surface area contributed by atoms with Crippen molar-refractivity contribution >= 4 is 23.4 Å². The molecule has 0 aliphatic rings. The highest BCUT2D eigenvalue weighted by atomic mass is 32.2. The lowest BCUT2D eigenvalue weighted by atomic mass is 10.1. The number of rotatable bonds is 6. The molecule has 0 atom stereocenters. The van der Waals surface area contributed by atoms with Crippen LogP contribution in [0.2, 0.25) is 0 Å². The van der Waals surface area contributed by atoms with E-state index >= 15 is 0 Å². The maximum atomic E-state index is 12.4. The minimum Gasteiger partial charge on any atom is -0.538 e. The molecule has 6 nitrogen and oxygen atoms in total. The molecular weight excluding hydrogens is 350 g/mol. The van der Waals surface area contributed by atoms with Crippen LogP contribution < -0.4 is 15.1 Å². The third-order valence-electron chi connectivity index (χ3n) is 3.92. The van der Waals surface area contributed by atoms with Crippen LogP contribution in [0.1, 0.15) is 18.1 Å². The SMILES string of the molecule is CCc1cccc(C)c1NC(=O)CSc1c([O-])on[n+]1-c1ccccc1. The third kappa shape index (κ3) is 3.88. The smallest absolute Gasteiger partial charge is 0.298 e. The van der Waals surface area contributed by atoms with Crippen LogP contribution >= 0.6 is 11.8 Å². The highest BCUT2D eigenvalue weighted by Gasteiger charge is 2.22. The average molecular weight is 369 g/mol. The topological polar surface area (TPSA) is 82.1 Å². The van der Waals surface area contributed by atoms with E-state index in [1.54, 1.807) is 0 Å². The van der Waals surface area contributed by atoms with Gasteiger partial charge in [-0.3, -0.25) is 4.79 Å². The lowest BCUT2D eigenvalue weighted by molar-refractivity contribution is -0.705. The van der Waals surface area contributed by atoms with Crippen molar-refractivity contribution in [3.63, 3.8) is 0 Å². The molecule has 3 rings (SSSR count). The minimum absolute atomic E-state index is 0.0841. The molecule has 0 fully saturated rings. The Morgan fingerprint density at radius 1 is 1.23 bits per heavy atom. The second-order valence-corrected chi connectivity index (χ2v) is 6.68. The summed E-state index contributed by atoms with van der Waals surface area (Å²) in [6.07, 6.45) is 0.828. The summed E-state index contributed by atoms with van der Waals surface area (Å²) in [6, 6.07) is 15.1. The first kappa shape index (κ1) is 18.0. The molecular formula is C19H19N3O3S. The molecule has 0 bridgehead atoms. The first-order chi connectivity index (χ1) is 12.6. The van der Waals surface area contributed by atoms with Crippen LogP contribution in [0.5, 0.6) is 5.95 Å². The number of carbonyl (C=O) groups excluding carboxylic acids is 1. The average Bonchev–Trinajstić information content (AvgIpc) is 3.03. The van der Waals surface area contributed by atoms with Gasteiger partial charge in [-0.05, 0) is 40.9 Å². The lowest BCUT2D eigenvalue weighted by Gasteiger charge is -2.12. The molecule has 26 heavy (non-hydrogen) atoms. The number of aromatic nitrogens is 2. The van der Waals surface area contributed by atoms with Crippen molar-refractivity contribution in [2.24, 2.45) is 0 Å². The van der Waals surface area contributed by atoms with Crippen molar-refractivity contribution in [1.82, 2.24) is 5.27 Å². The van der Waals surface area contributed by atoms with E-state index in [2.05, 4.69) is 10.6 Å². The number of hydrogen-bond acceptors (Lipinski definition) is 5. The maximum absolute atomic E-state index is 12.4. The van der Waals surface area contributed by atoms with Gasteiger partial charge in [-0.2, -0.15) is 0 Å². The molecule has 1 amide bonds. The second-order valence-electron chi connectivity index (χ2n) is 5.71. The highest BCUT2D eigenvalue weighted by molar-refractivity contribution is 7.99. The Morgan fingerprint density at radius 3 is 2.73 bits per heavy atom. The number of aryl methyl sites for hydroxylation is 2. The van der Waals surface area contributed by atoms with Crippen molar-refractivity contribution in [3.05, 3.63) is 59.7 Å². The zero-order valence-corrected chi connectivity index (χ0v) is 15.4. The molecule has 1 N–H and O–H groups in total. The summed E-state index contributed by atoms with van der Waals surface area (Å²) in [6.45, 7) is 4.00. The lowest BCUT2D eigenvalue weighted by Crippen LogP contribution is -2.35. The number of amides is 1. The summed E-state index contributed by atoms with van der Waals surface area (Å²) in [4.78, 5) is 12.4. The van der Waals surface area contributed by atoms with Crippen LogP contribution in [0.25, 0.3) is 5.69 Å². The highest BCUT2D eigenvalue weighted by Crippen LogP contribution is 2.25. The van der Waals surface area contributed by atoms with Gasteiger partial charge in [0.15, 0.2) is 5.95 Å². The van der Waals surface area contributed by atoms with Crippen LogP contribution in [-0.2, 0) is 11.2 Å². The van der Waals surface area contributed by atoms with Crippen LogP contribution in [0.3, 0.4) is 0 Å². The molecule has 3 aromatic rings. The van der Waals surface area contributed by atoms with Gasteiger partial charge in [-0.15, -0.1) is 0 Å². The van der Waals surface area contributed by atoms with Gasteiger partial charge >= 0.3 is 0 Å². The molecule has 1 aromatic heterocycles. The molecule has 0 spiro atoms. The van der Waals surface area contributed by atoms with E-state index in [0.29, 0.717) is 5.69 Å². The molecule has 0 radical (unpaired) electrons. The van der Waals surface area contributed by atoms with Gasteiger partial charge in [0, 0.05) is 17.8 Å². The van der Waals surface area contributed by atoms with Crippen LogP contribution in [-0.4, -0.2) is 16.9 Å². The normalized spacial score (nSPS) is 10.7. The van der Waals surface area contributed by atoms with Gasteiger partial charge in [0.25, 0.3) is 5.03 Å². The quantitative estimate of drug-likeness (QED) is 0.533. The van der Waals surface area contributed by atoms with E-state index in [4.69, 9.17) is 4.52 Å². The number of hydrogen-bond donors (Lipinski definition) is 1. The van der Waals surface area contributed by atoms with Gasteiger partial charge in [-0.1, -0.05) is 43.3 Å². The van der Waals surface area contributed by atoms with E-state index in [0.717, 1.165) is 35.0 Å². The first-order valence-corrected chi connectivity index (χ1v) is 9.24. The number of para-hydroxylation sites is 2. The standard InChI is InChI=1S/C19H19N3O3S/c1-3-14-9-7-8-13(2)17(14)20-16(23)12-26-18-19(24)25-21-22(18)15-10-5-4-6-11-15/h4-11H,3,12H2,1-2H3,(H-,20,21,23,24). The number of thioether (sulfide) groups is 1. The van der Waals surface area contributed by atoms with E-state index in [9.17, 15) is 9.90 Å². The molecule has 0 unspecified atom stereocenters. The van der Waals surface area contributed by atoms with Crippen molar-refractivity contribution < 1.29 is 19.1 Å². The predicted octanol–water partition coefficient (Wildman–Crippen LogP) is 2.63. The minimum atomic E-state index is -0.559. The molecule has 7 heteroatoms. The van der Waals surface area contributed by atoms with Crippen molar-refractivity contribution in [1.29, 1.82) is 0 Å². The van der Waals surface area contributed by atoms with Gasteiger partial charge in [-0.25, -0.2) is 0 Å². The number of nitrogens with zero attached hydrogens (tertiary/aromatic N) is 2. The zero-order chi connectivity index (χ0) is 18.5. The Labute approximate surface area is 155 Å². The molecule has 0 aliphatic carbocycles. The molecule has 0 saturated heterocycles. The fourth-order valence-electron chi connectivity index (χ4n) is 2.61. The number of benzene rings is 2. The van der Waals surface area contributed by atoms with E-state index in [1.165, 1.54) is 4.68 Å². The van der Waals surface area contributed by atoms with Gasteiger partial charge in [0.2, 0.25) is 11.6 Å². The predicted molar refractivity (Wildman–Crippen MR) is 97.4 cm³/mol. The van der Waals surface area contributed by atoms with E-state index < -0.39 is 5.95 Å². The molecule has 2 aromatic carbocycles. The Balaban J connectivity index is 1.73. The van der Waals surface area contributed by atoms with E-state index in [1.807, 2.05) is 62.4 Å². The van der Waals surface area contributed by atoms with Crippen molar-refractivity contribution in [2.45, 2.75) is 25.3 Å². The van der Waals surface area contributed by atoms with Crippen molar-refractivity contribution in [2.75, 3.05) is 11.1 Å². The molecule has 0 saturated carbocycles. The first-order valence-electron chi connectivity index (χ1n) is 8.25. The summed E-state index contributed by atoms with van der Waals surface area (Å²) in [5.74, 6) is -0.656. The maximum Gasteiger partial charge on any atom is 0.298 e. The molecule has 0 aliphatic heterocycles. The van der Waals surface area contributed by atoms with Crippen LogP contribution in [0.4, 0.5) is 5.69 Å². The Kier molecular flexibility index (Phi) is 5.58. The number of carbonyl (C=O) groups is 1. The fraction of sp³-hybridized carbons (Fsp3) is 0.211. The zero-order valence-electron chi connectivity index (χ0n) is 14.6. The largest absolute Gasteiger partial charge is 0.538 e. The van der Waals surface area contributed by atoms with Gasteiger partial charge in [0.1, 0.15) is 0 Å². The summed E-state index contributed by atoms with van der Waals surface area (Å²) in [7, 11) is 0. The van der Waals surface area contributed by atoms with E-state index in [-0.39, 0.29) is 16.7 Å². The second kappa shape index (κ2) is 8.05. The molecule has 1 heterocycles. The summed E-state index contributed by atoms with van der Waals surface area (Å²) in [5, 5.41) is 18.9. The Morgan fingerprint density at radius 2 is 2.00 bits per heavy atom. The summed E-state index contributed by atoms with van der Waals surface area (Å²) in [5.41, 5.74) is 3.63. The Bertz CT molecular complexity index is 910. The number of anilines is 1. The van der Waals surface area contributed by atoms with Crippen molar-refractivity contribution in [3.8, 4) is 11.6 Å². The van der Waals surface area contributed by atoms with Crippen LogP contribution in [0, 0.1) is 6.92 Å². The third-order valence-corrected chi connectivity index (χ3v) is 4.94. The fourth-order valence-corrected chi connectivity index (χ4v) is 3.36. The molecule has 134 valence electrons. The summed E-state index contributed by atoms with van der Waals surface area (Å²) < 4.78 is 6.17. The number of nitrogens with one attached hydrogen (secondary N) is 1. The Hall–Kier alpha value is -2.80. The summed E-state index contributed by atoms with van der Waals surface area (Å²) >= 11 is 1.10. The van der Waals surface area contributed by atoms with Gasteiger partial charge in [0.05, 0.1) is 11.0 Å². The van der Waals surface area contributed by atoms with Crippen LogP contribution in [0.15, 0.2) is 58.1 Å². The monoisotopic (exact) mass is 369 g/mol.